The van der Waals surface area contributed by atoms with Gasteiger partial charge in [0.2, 0.25) is 0 Å². The maximum Gasteiger partial charge on any atom is 0.136 e. The average molecular weight is 235 g/mol. The largest absolute Gasteiger partial charge is 0.496 e. The smallest absolute Gasteiger partial charge is 0.136 e. The number of methoxy groups -OCH3 is 1. The molecule has 0 aliphatic heterocycles. The highest BCUT2D eigenvalue weighted by atomic mass is 19.1. The number of halogens is 1. The van der Waals surface area contributed by atoms with E-state index in [9.17, 15) is 4.39 Å². The SMILES string of the molecule is COc1cc(F)c(-c2cc(N)n(C)n2)cc1C. The molecule has 1 aromatic carbocycles. The molecule has 0 unspecified atom stereocenters. The van der Waals surface area contributed by atoms with Crippen LogP contribution in [0.4, 0.5) is 10.2 Å². The molecule has 4 nitrogen and oxygen atoms in total. The molecule has 1 heterocycles. The van der Waals surface area contributed by atoms with Gasteiger partial charge in [-0.1, -0.05) is 0 Å². The highest BCUT2D eigenvalue weighted by Gasteiger charge is 2.13. The monoisotopic (exact) mass is 235 g/mol. The van der Waals surface area contributed by atoms with E-state index in [1.165, 1.54) is 17.9 Å². The summed E-state index contributed by atoms with van der Waals surface area (Å²) in [7, 11) is 3.23. The summed E-state index contributed by atoms with van der Waals surface area (Å²) in [6.45, 7) is 1.86. The molecular weight excluding hydrogens is 221 g/mol. The summed E-state index contributed by atoms with van der Waals surface area (Å²) in [4.78, 5) is 0. The molecule has 17 heavy (non-hydrogen) atoms. The number of nitrogens with two attached hydrogens (primary N) is 1. The van der Waals surface area contributed by atoms with Crippen LogP contribution < -0.4 is 10.5 Å². The standard InChI is InChI=1S/C12H14FN3O/c1-7-4-8(9(13)5-11(7)17-3)10-6-12(14)16(2)15-10/h4-6H,14H2,1-3H3. The number of ether oxygens (including phenoxy) is 1. The van der Waals surface area contributed by atoms with Crippen molar-refractivity contribution < 1.29 is 9.13 Å². The molecule has 0 fully saturated rings. The summed E-state index contributed by atoms with van der Waals surface area (Å²) in [5.41, 5.74) is 7.48. The van der Waals surface area contributed by atoms with Gasteiger partial charge in [-0.05, 0) is 18.6 Å². The van der Waals surface area contributed by atoms with E-state index in [-0.39, 0.29) is 5.82 Å². The van der Waals surface area contributed by atoms with Gasteiger partial charge in [0.25, 0.3) is 0 Å². The zero-order valence-corrected chi connectivity index (χ0v) is 9.99. The minimum Gasteiger partial charge on any atom is -0.496 e. The lowest BCUT2D eigenvalue weighted by Crippen LogP contribution is -1.97. The maximum absolute atomic E-state index is 13.9. The first kappa shape index (κ1) is 11.4. The van der Waals surface area contributed by atoms with Crippen LogP contribution in [0, 0.1) is 12.7 Å². The van der Waals surface area contributed by atoms with Gasteiger partial charge in [0.1, 0.15) is 17.4 Å². The van der Waals surface area contributed by atoms with Crippen LogP contribution in [-0.2, 0) is 7.05 Å². The summed E-state index contributed by atoms with van der Waals surface area (Å²) in [6, 6.07) is 4.70. The van der Waals surface area contributed by atoms with Gasteiger partial charge >= 0.3 is 0 Å². The van der Waals surface area contributed by atoms with Crippen molar-refractivity contribution in [2.45, 2.75) is 6.92 Å². The van der Waals surface area contributed by atoms with E-state index in [0.29, 0.717) is 22.8 Å². The predicted octanol–water partition coefficient (Wildman–Crippen LogP) is 2.13. The van der Waals surface area contributed by atoms with Crippen LogP contribution in [-0.4, -0.2) is 16.9 Å². The van der Waals surface area contributed by atoms with Crippen molar-refractivity contribution in [3.63, 3.8) is 0 Å². The fraction of sp³-hybridized carbons (Fsp3) is 0.250. The second-order valence-corrected chi connectivity index (χ2v) is 3.88. The van der Waals surface area contributed by atoms with Crippen LogP contribution in [0.5, 0.6) is 5.75 Å². The first-order chi connectivity index (χ1) is 8.02. The summed E-state index contributed by atoms with van der Waals surface area (Å²) in [5, 5.41) is 4.15. The van der Waals surface area contributed by atoms with E-state index >= 15 is 0 Å². The lowest BCUT2D eigenvalue weighted by molar-refractivity contribution is 0.408. The van der Waals surface area contributed by atoms with Gasteiger partial charge in [0.05, 0.1) is 12.8 Å². The Balaban J connectivity index is 2.56. The summed E-state index contributed by atoms with van der Waals surface area (Å²) in [6.07, 6.45) is 0. The van der Waals surface area contributed by atoms with Crippen molar-refractivity contribution >= 4 is 5.82 Å². The minimum absolute atomic E-state index is 0.370. The average Bonchev–Trinajstić information content (AvgIpc) is 2.61. The van der Waals surface area contributed by atoms with Crippen LogP contribution in [0.3, 0.4) is 0 Å². The Labute approximate surface area is 98.8 Å². The molecule has 90 valence electrons. The first-order valence-corrected chi connectivity index (χ1v) is 5.17. The molecule has 0 radical (unpaired) electrons. The number of aromatic nitrogens is 2. The van der Waals surface area contributed by atoms with Crippen molar-refractivity contribution in [3.05, 3.63) is 29.6 Å². The number of hydrogen-bond donors (Lipinski definition) is 1. The van der Waals surface area contributed by atoms with E-state index in [1.807, 2.05) is 6.92 Å². The Hall–Kier alpha value is -2.04. The molecule has 0 saturated heterocycles. The molecule has 5 heteroatoms. The van der Waals surface area contributed by atoms with Crippen LogP contribution >= 0.6 is 0 Å². The normalized spacial score (nSPS) is 10.6. The Morgan fingerprint density at radius 1 is 1.35 bits per heavy atom. The first-order valence-electron chi connectivity index (χ1n) is 5.17. The zero-order valence-electron chi connectivity index (χ0n) is 9.99. The molecule has 2 aromatic rings. The third kappa shape index (κ3) is 1.95. The minimum atomic E-state index is -0.370. The van der Waals surface area contributed by atoms with E-state index < -0.39 is 0 Å². The maximum atomic E-state index is 13.9. The van der Waals surface area contributed by atoms with Crippen LogP contribution in [0.25, 0.3) is 11.3 Å². The Morgan fingerprint density at radius 3 is 2.59 bits per heavy atom. The van der Waals surface area contributed by atoms with E-state index in [1.54, 1.807) is 19.2 Å². The van der Waals surface area contributed by atoms with Gasteiger partial charge in [-0.2, -0.15) is 5.10 Å². The van der Waals surface area contributed by atoms with Gasteiger partial charge in [-0.15, -0.1) is 0 Å². The topological polar surface area (TPSA) is 53.1 Å². The summed E-state index contributed by atoms with van der Waals surface area (Å²) >= 11 is 0. The van der Waals surface area contributed by atoms with E-state index in [4.69, 9.17) is 10.5 Å². The number of nitrogen functional groups attached to an aromatic ring is 1. The molecule has 0 atom stereocenters. The highest BCUT2D eigenvalue weighted by molar-refractivity contribution is 5.65. The van der Waals surface area contributed by atoms with Crippen LogP contribution in [0.15, 0.2) is 18.2 Å². The fourth-order valence-corrected chi connectivity index (χ4v) is 1.69. The molecule has 0 aliphatic rings. The Morgan fingerprint density at radius 2 is 2.06 bits per heavy atom. The van der Waals surface area contributed by atoms with Crippen molar-refractivity contribution in [3.8, 4) is 17.0 Å². The highest BCUT2D eigenvalue weighted by Crippen LogP contribution is 2.29. The molecule has 0 aliphatic carbocycles. The second-order valence-electron chi connectivity index (χ2n) is 3.88. The zero-order chi connectivity index (χ0) is 12.6. The third-order valence-corrected chi connectivity index (χ3v) is 2.68. The van der Waals surface area contributed by atoms with Gasteiger partial charge in [-0.25, -0.2) is 4.39 Å². The fourth-order valence-electron chi connectivity index (χ4n) is 1.69. The van der Waals surface area contributed by atoms with Gasteiger partial charge in [0, 0.05) is 24.7 Å². The van der Waals surface area contributed by atoms with Crippen molar-refractivity contribution in [1.82, 2.24) is 9.78 Å². The van der Waals surface area contributed by atoms with E-state index in [0.717, 1.165) is 5.56 Å². The van der Waals surface area contributed by atoms with Crippen LogP contribution in [0.2, 0.25) is 0 Å². The van der Waals surface area contributed by atoms with Gasteiger partial charge in [0.15, 0.2) is 0 Å². The number of aryl methyl sites for hydroxylation is 2. The molecular formula is C12H14FN3O. The molecule has 0 spiro atoms. The lowest BCUT2D eigenvalue weighted by atomic mass is 10.1. The molecule has 0 bridgehead atoms. The lowest BCUT2D eigenvalue weighted by Gasteiger charge is -2.07. The molecule has 2 rings (SSSR count). The number of anilines is 1. The van der Waals surface area contributed by atoms with Gasteiger partial charge in [-0.3, -0.25) is 4.68 Å². The number of rotatable bonds is 2. The predicted molar refractivity (Wildman–Crippen MR) is 64.3 cm³/mol. The van der Waals surface area contributed by atoms with E-state index in [2.05, 4.69) is 5.10 Å². The summed E-state index contributed by atoms with van der Waals surface area (Å²) < 4.78 is 20.4. The third-order valence-electron chi connectivity index (χ3n) is 2.68. The summed E-state index contributed by atoms with van der Waals surface area (Å²) in [5.74, 6) is 0.647. The van der Waals surface area contributed by atoms with Crippen LogP contribution in [0.1, 0.15) is 5.56 Å². The van der Waals surface area contributed by atoms with Crippen molar-refractivity contribution in [2.24, 2.45) is 7.05 Å². The molecule has 0 saturated carbocycles. The van der Waals surface area contributed by atoms with Gasteiger partial charge < -0.3 is 10.5 Å². The Kier molecular flexibility index (Phi) is 2.75. The second kappa shape index (κ2) is 4.08. The molecule has 0 amide bonds. The number of benzene rings is 1. The molecule has 2 N–H and O–H groups in total. The quantitative estimate of drug-likeness (QED) is 0.867. The molecule has 1 aromatic heterocycles. The Bertz CT molecular complexity index is 544. The number of nitrogens with zero attached hydrogens (tertiary/aromatic N) is 2. The number of hydrogen-bond acceptors (Lipinski definition) is 3. The van der Waals surface area contributed by atoms with Crippen molar-refractivity contribution in [2.75, 3.05) is 12.8 Å². The van der Waals surface area contributed by atoms with Crippen molar-refractivity contribution in [1.29, 1.82) is 0 Å².